The van der Waals surface area contributed by atoms with Crippen LogP contribution in [0.2, 0.25) is 0 Å². The lowest BCUT2D eigenvalue weighted by Crippen LogP contribution is -2.28. The summed E-state index contributed by atoms with van der Waals surface area (Å²) in [6, 6.07) is 3.49. The van der Waals surface area contributed by atoms with E-state index in [1.54, 1.807) is 35.5 Å². The number of nitrogens with zero attached hydrogens (tertiary/aromatic N) is 2. The van der Waals surface area contributed by atoms with Gasteiger partial charge in [-0.1, -0.05) is 6.92 Å². The topological polar surface area (TPSA) is 66.9 Å². The largest absolute Gasteiger partial charge is 0.331 e. The number of aromatic nitrogens is 2. The molecule has 2 amide bonds. The van der Waals surface area contributed by atoms with Crippen molar-refractivity contribution in [3.05, 3.63) is 34.4 Å². The molecule has 0 radical (unpaired) electrons. The van der Waals surface area contributed by atoms with Gasteiger partial charge in [0.1, 0.15) is 5.01 Å². The van der Waals surface area contributed by atoms with E-state index in [0.717, 1.165) is 20.7 Å². The molecule has 2 N–H and O–H groups in total. The van der Waals surface area contributed by atoms with Crippen LogP contribution in [-0.4, -0.2) is 21.8 Å². The predicted molar refractivity (Wildman–Crippen MR) is 83.3 cm³/mol. The van der Waals surface area contributed by atoms with Gasteiger partial charge in [-0.05, 0) is 24.8 Å². The summed E-state index contributed by atoms with van der Waals surface area (Å²) in [5.41, 5.74) is 0.679. The first kappa shape index (κ1) is 14.8. The molecule has 0 bridgehead atoms. The highest BCUT2D eigenvalue weighted by Crippen LogP contribution is 2.16. The second-order valence-corrected chi connectivity index (χ2v) is 6.59. The van der Waals surface area contributed by atoms with Gasteiger partial charge in [-0.2, -0.15) is 0 Å². The molecule has 0 aromatic carbocycles. The Balaban J connectivity index is 1.81. The first-order valence-corrected chi connectivity index (χ1v) is 8.02. The second-order valence-electron chi connectivity index (χ2n) is 3.99. The van der Waals surface area contributed by atoms with Crippen molar-refractivity contribution < 1.29 is 4.79 Å². The molecule has 5 nitrogen and oxygen atoms in total. The van der Waals surface area contributed by atoms with E-state index in [2.05, 4.69) is 27.5 Å². The van der Waals surface area contributed by atoms with E-state index >= 15 is 0 Å². The molecule has 0 aliphatic heterocycles. The molecule has 7 heteroatoms. The van der Waals surface area contributed by atoms with Crippen LogP contribution in [0.1, 0.15) is 16.8 Å². The number of amides is 2. The van der Waals surface area contributed by atoms with Crippen molar-refractivity contribution in [1.82, 2.24) is 15.3 Å². The third kappa shape index (κ3) is 4.50. The van der Waals surface area contributed by atoms with E-state index in [-0.39, 0.29) is 6.03 Å². The Morgan fingerprint density at radius 1 is 1.35 bits per heavy atom. The highest BCUT2D eigenvalue weighted by atomic mass is 32.2. The van der Waals surface area contributed by atoms with Gasteiger partial charge in [0, 0.05) is 11.1 Å². The number of rotatable bonds is 5. The molecule has 2 aromatic heterocycles. The van der Waals surface area contributed by atoms with Crippen molar-refractivity contribution in [2.45, 2.75) is 25.4 Å². The van der Waals surface area contributed by atoms with E-state index < -0.39 is 0 Å². The van der Waals surface area contributed by atoms with Crippen LogP contribution in [-0.2, 0) is 6.54 Å². The molecule has 0 atom stereocenters. The predicted octanol–water partition coefficient (Wildman–Crippen LogP) is 3.28. The zero-order valence-electron chi connectivity index (χ0n) is 11.3. The maximum atomic E-state index is 11.7. The standard InChI is InChI=1S/C13H16N4OS2/c1-3-19-11-5-4-10(7-15-11)17-13(18)16-8-12-14-6-9(2)20-12/h4-7H,3,8H2,1-2H3,(H2,16,17,18). The van der Waals surface area contributed by atoms with Crippen LogP contribution < -0.4 is 10.6 Å². The van der Waals surface area contributed by atoms with Crippen molar-refractivity contribution in [1.29, 1.82) is 0 Å². The Hall–Kier alpha value is -1.60. The van der Waals surface area contributed by atoms with Gasteiger partial charge in [-0.15, -0.1) is 23.1 Å². The van der Waals surface area contributed by atoms with Crippen molar-refractivity contribution in [3.63, 3.8) is 0 Å². The zero-order valence-corrected chi connectivity index (χ0v) is 13.0. The summed E-state index contributed by atoms with van der Waals surface area (Å²) >= 11 is 3.24. The number of pyridine rings is 1. The third-order valence-electron chi connectivity index (χ3n) is 2.36. The molecule has 0 fully saturated rings. The number of thioether (sulfide) groups is 1. The molecule has 0 aliphatic carbocycles. The summed E-state index contributed by atoms with van der Waals surface area (Å²) in [6.45, 7) is 4.50. The molecular formula is C13H16N4OS2. The monoisotopic (exact) mass is 308 g/mol. The van der Waals surface area contributed by atoms with Crippen molar-refractivity contribution in [2.24, 2.45) is 0 Å². The fourth-order valence-electron chi connectivity index (χ4n) is 1.50. The van der Waals surface area contributed by atoms with E-state index in [1.165, 1.54) is 0 Å². The van der Waals surface area contributed by atoms with Crippen LogP contribution in [0, 0.1) is 6.92 Å². The summed E-state index contributed by atoms with van der Waals surface area (Å²) in [5.74, 6) is 0.980. The zero-order chi connectivity index (χ0) is 14.4. The fraction of sp³-hybridized carbons (Fsp3) is 0.308. The number of hydrogen-bond donors (Lipinski definition) is 2. The van der Waals surface area contributed by atoms with Crippen LogP contribution in [0.25, 0.3) is 0 Å². The molecular weight excluding hydrogens is 292 g/mol. The van der Waals surface area contributed by atoms with Crippen LogP contribution >= 0.6 is 23.1 Å². The van der Waals surface area contributed by atoms with Crippen LogP contribution in [0.4, 0.5) is 10.5 Å². The van der Waals surface area contributed by atoms with Crippen LogP contribution in [0.5, 0.6) is 0 Å². The minimum absolute atomic E-state index is 0.254. The number of anilines is 1. The molecule has 20 heavy (non-hydrogen) atoms. The van der Waals surface area contributed by atoms with E-state index in [4.69, 9.17) is 0 Å². The fourth-order valence-corrected chi connectivity index (χ4v) is 2.82. The molecule has 106 valence electrons. The van der Waals surface area contributed by atoms with Gasteiger partial charge in [0.2, 0.25) is 0 Å². The number of urea groups is 1. The Labute approximate surface area is 126 Å². The van der Waals surface area contributed by atoms with Gasteiger partial charge >= 0.3 is 6.03 Å². The maximum Gasteiger partial charge on any atom is 0.319 e. The minimum Gasteiger partial charge on any atom is -0.331 e. The van der Waals surface area contributed by atoms with Gasteiger partial charge in [0.15, 0.2) is 0 Å². The van der Waals surface area contributed by atoms with Gasteiger partial charge < -0.3 is 10.6 Å². The van der Waals surface area contributed by atoms with Gasteiger partial charge in [-0.3, -0.25) is 0 Å². The van der Waals surface area contributed by atoms with E-state index in [1.807, 2.05) is 19.1 Å². The molecule has 0 spiro atoms. The summed E-state index contributed by atoms with van der Waals surface area (Å²) in [6.07, 6.45) is 3.46. The lowest BCUT2D eigenvalue weighted by molar-refractivity contribution is 0.251. The molecule has 0 saturated carbocycles. The average molecular weight is 308 g/mol. The van der Waals surface area contributed by atoms with Gasteiger partial charge in [0.25, 0.3) is 0 Å². The van der Waals surface area contributed by atoms with Crippen molar-refractivity contribution in [2.75, 3.05) is 11.1 Å². The average Bonchev–Trinajstić information content (AvgIpc) is 2.85. The van der Waals surface area contributed by atoms with E-state index in [9.17, 15) is 4.79 Å². The van der Waals surface area contributed by atoms with Crippen LogP contribution in [0.3, 0.4) is 0 Å². The Morgan fingerprint density at radius 3 is 2.80 bits per heavy atom. The van der Waals surface area contributed by atoms with Crippen molar-refractivity contribution in [3.8, 4) is 0 Å². The summed E-state index contributed by atoms with van der Waals surface area (Å²) < 4.78 is 0. The number of carbonyl (C=O) groups excluding carboxylic acids is 1. The first-order valence-electron chi connectivity index (χ1n) is 6.22. The third-order valence-corrected chi connectivity index (χ3v) is 4.09. The molecule has 2 heterocycles. The first-order chi connectivity index (χ1) is 9.67. The molecule has 0 unspecified atom stereocenters. The number of thiazole rings is 1. The number of aryl methyl sites for hydroxylation is 1. The van der Waals surface area contributed by atoms with E-state index in [0.29, 0.717) is 12.2 Å². The lowest BCUT2D eigenvalue weighted by Gasteiger charge is -2.06. The Bertz CT molecular complexity index is 568. The molecule has 0 aliphatic rings. The number of carbonyl (C=O) groups is 1. The minimum atomic E-state index is -0.254. The number of hydrogen-bond acceptors (Lipinski definition) is 5. The Morgan fingerprint density at radius 2 is 2.20 bits per heavy atom. The molecule has 2 rings (SSSR count). The SMILES string of the molecule is CCSc1ccc(NC(=O)NCc2ncc(C)s2)cn1. The smallest absolute Gasteiger partial charge is 0.319 e. The second kappa shape index (κ2) is 7.25. The highest BCUT2D eigenvalue weighted by Gasteiger charge is 2.04. The molecule has 2 aromatic rings. The highest BCUT2D eigenvalue weighted by molar-refractivity contribution is 7.99. The van der Waals surface area contributed by atoms with Gasteiger partial charge in [0.05, 0.1) is 23.5 Å². The van der Waals surface area contributed by atoms with Crippen molar-refractivity contribution >= 4 is 34.8 Å². The molecule has 0 saturated heterocycles. The number of nitrogens with one attached hydrogen (secondary N) is 2. The summed E-state index contributed by atoms with van der Waals surface area (Å²) in [7, 11) is 0. The summed E-state index contributed by atoms with van der Waals surface area (Å²) in [5, 5.41) is 7.36. The normalized spacial score (nSPS) is 10.3. The quantitative estimate of drug-likeness (QED) is 0.832. The maximum absolute atomic E-state index is 11.7. The Kier molecular flexibility index (Phi) is 5.37. The van der Waals surface area contributed by atoms with Crippen LogP contribution in [0.15, 0.2) is 29.6 Å². The lowest BCUT2D eigenvalue weighted by atomic mass is 10.4. The summed E-state index contributed by atoms with van der Waals surface area (Å²) in [4.78, 5) is 21.3. The van der Waals surface area contributed by atoms with Gasteiger partial charge in [-0.25, -0.2) is 14.8 Å².